The van der Waals surface area contributed by atoms with Crippen molar-refractivity contribution in [3.8, 4) is 0 Å². The van der Waals surface area contributed by atoms with E-state index < -0.39 is 0 Å². The van der Waals surface area contributed by atoms with Gasteiger partial charge in [0, 0.05) is 16.8 Å². The number of carbonyl (C=O) groups excluding carboxylic acids is 1. The van der Waals surface area contributed by atoms with Crippen molar-refractivity contribution in [2.75, 3.05) is 5.73 Å². The van der Waals surface area contributed by atoms with Gasteiger partial charge in [0.25, 0.3) is 5.91 Å². The van der Waals surface area contributed by atoms with Crippen LogP contribution in [-0.2, 0) is 12.8 Å². The van der Waals surface area contributed by atoms with Crippen LogP contribution >= 0.6 is 11.3 Å². The molecular weight excluding hydrogens is 318 g/mol. The lowest BCUT2D eigenvalue weighted by molar-refractivity contribution is 0.0970. The molecule has 0 radical (unpaired) electrons. The van der Waals surface area contributed by atoms with Gasteiger partial charge in [0.1, 0.15) is 9.71 Å². The maximum atomic E-state index is 12.7. The predicted octanol–water partition coefficient (Wildman–Crippen LogP) is 4.36. The molecule has 1 aliphatic carbocycles. The topological polar surface area (TPSA) is 68.0 Å². The smallest absolute Gasteiger partial charge is 0.267 e. The number of fused-ring (bicyclic) bond motifs is 2. The highest BCUT2D eigenvalue weighted by molar-refractivity contribution is 7.21. The summed E-state index contributed by atoms with van der Waals surface area (Å²) >= 11 is 1.38. The molecule has 0 aliphatic heterocycles. The minimum absolute atomic E-state index is 0.156. The third-order valence-corrected chi connectivity index (χ3v) is 5.96. The van der Waals surface area contributed by atoms with E-state index in [1.807, 2.05) is 33.8 Å². The lowest BCUT2D eigenvalue weighted by Gasteiger charge is -2.10. The van der Waals surface area contributed by atoms with Crippen LogP contribution in [0.3, 0.4) is 0 Å². The number of nitrogens with two attached hydrogens (primary N) is 1. The number of nitrogen functional groups attached to an aromatic ring is 1. The maximum absolute atomic E-state index is 12.7. The molecule has 0 saturated carbocycles. The van der Waals surface area contributed by atoms with Crippen LogP contribution in [0.5, 0.6) is 0 Å². The SMILES string of the molecule is CC=C(C)C(C)=C(C)NC(=O)c1sc2nc3c(cc2c1N)CCC3. The molecule has 4 nitrogen and oxygen atoms in total. The molecule has 2 aromatic rings. The summed E-state index contributed by atoms with van der Waals surface area (Å²) in [6, 6.07) is 2.12. The molecule has 0 spiro atoms. The molecule has 0 unspecified atom stereocenters. The highest BCUT2D eigenvalue weighted by Gasteiger charge is 2.21. The summed E-state index contributed by atoms with van der Waals surface area (Å²) in [5.41, 5.74) is 12.3. The Morgan fingerprint density at radius 1 is 1.33 bits per heavy atom. The molecule has 1 aliphatic rings. The Morgan fingerprint density at radius 3 is 2.79 bits per heavy atom. The first-order valence-electron chi connectivity index (χ1n) is 8.25. The summed E-state index contributed by atoms with van der Waals surface area (Å²) in [6.45, 7) is 7.94. The van der Waals surface area contributed by atoms with Gasteiger partial charge in [-0.15, -0.1) is 11.3 Å². The highest BCUT2D eigenvalue weighted by Crippen LogP contribution is 2.35. The number of nitrogens with zero attached hydrogens (tertiary/aromatic N) is 1. The van der Waals surface area contributed by atoms with Crippen LogP contribution in [0.15, 0.2) is 29.0 Å². The second-order valence-corrected chi connectivity index (χ2v) is 7.32. The number of hydrogen-bond acceptors (Lipinski definition) is 4. The van der Waals surface area contributed by atoms with Gasteiger partial charge >= 0.3 is 0 Å². The fraction of sp³-hybridized carbons (Fsp3) is 0.368. The Labute approximate surface area is 146 Å². The first kappa shape index (κ1) is 16.7. The molecule has 3 rings (SSSR count). The molecule has 2 aromatic heterocycles. The number of allylic oxidation sites excluding steroid dienone is 4. The maximum Gasteiger partial charge on any atom is 0.267 e. The number of aromatic nitrogens is 1. The minimum Gasteiger partial charge on any atom is -0.397 e. The summed E-state index contributed by atoms with van der Waals surface area (Å²) in [7, 11) is 0. The zero-order valence-corrected chi connectivity index (χ0v) is 15.4. The summed E-state index contributed by atoms with van der Waals surface area (Å²) in [5.74, 6) is -0.156. The number of nitrogens with one attached hydrogen (secondary N) is 1. The Bertz CT molecular complexity index is 890. The minimum atomic E-state index is -0.156. The molecular formula is C19H23N3OS. The average molecular weight is 341 g/mol. The van der Waals surface area contributed by atoms with E-state index in [0.29, 0.717) is 10.6 Å². The first-order valence-corrected chi connectivity index (χ1v) is 9.07. The molecule has 0 bridgehead atoms. The van der Waals surface area contributed by atoms with Crippen molar-refractivity contribution in [3.63, 3.8) is 0 Å². The van der Waals surface area contributed by atoms with Gasteiger partial charge in [0.05, 0.1) is 5.69 Å². The van der Waals surface area contributed by atoms with Gasteiger partial charge < -0.3 is 11.1 Å². The molecule has 1 amide bonds. The van der Waals surface area contributed by atoms with Gasteiger partial charge in [-0.1, -0.05) is 11.6 Å². The van der Waals surface area contributed by atoms with Gasteiger partial charge in [-0.05, 0) is 64.2 Å². The summed E-state index contributed by atoms with van der Waals surface area (Å²) in [5, 5.41) is 3.88. The molecule has 5 heteroatoms. The van der Waals surface area contributed by atoms with E-state index in [4.69, 9.17) is 10.7 Å². The van der Waals surface area contributed by atoms with Crippen LogP contribution in [0.25, 0.3) is 10.2 Å². The number of hydrogen-bond donors (Lipinski definition) is 2. The van der Waals surface area contributed by atoms with Crippen molar-refractivity contribution < 1.29 is 4.79 Å². The standard InChI is InChI=1S/C19H23N3OS/c1-5-10(2)11(3)12(4)21-18(23)17-16(20)14-9-13-7-6-8-15(13)22-19(14)24-17/h5,9H,6-8,20H2,1-4H3,(H,21,23). The van der Waals surface area contributed by atoms with Crippen molar-refractivity contribution >= 4 is 33.1 Å². The van der Waals surface area contributed by atoms with Crippen molar-refractivity contribution in [3.05, 3.63) is 45.1 Å². The summed E-state index contributed by atoms with van der Waals surface area (Å²) in [6.07, 6.45) is 5.26. The second-order valence-electron chi connectivity index (χ2n) is 6.32. The monoisotopic (exact) mass is 341 g/mol. The molecule has 0 aromatic carbocycles. The molecule has 126 valence electrons. The van der Waals surface area contributed by atoms with E-state index in [-0.39, 0.29) is 5.91 Å². The van der Waals surface area contributed by atoms with Crippen LogP contribution in [0, 0.1) is 0 Å². The highest BCUT2D eigenvalue weighted by atomic mass is 32.1. The number of rotatable bonds is 3. The van der Waals surface area contributed by atoms with Gasteiger partial charge in [-0.2, -0.15) is 0 Å². The van der Waals surface area contributed by atoms with E-state index in [2.05, 4.69) is 11.4 Å². The third-order valence-electron chi connectivity index (χ3n) is 4.84. The number of anilines is 1. The Kier molecular flexibility index (Phi) is 4.45. The van der Waals surface area contributed by atoms with Gasteiger partial charge in [0.2, 0.25) is 0 Å². The first-order chi connectivity index (χ1) is 11.4. The largest absolute Gasteiger partial charge is 0.397 e. The number of thiophene rings is 1. The van der Waals surface area contributed by atoms with Crippen molar-refractivity contribution in [1.29, 1.82) is 0 Å². The third kappa shape index (κ3) is 2.84. The van der Waals surface area contributed by atoms with E-state index in [1.165, 1.54) is 16.9 Å². The normalized spacial score (nSPS) is 15.4. The molecule has 0 fully saturated rings. The Balaban J connectivity index is 1.95. The lowest BCUT2D eigenvalue weighted by atomic mass is 10.1. The van der Waals surface area contributed by atoms with E-state index in [1.54, 1.807) is 0 Å². The van der Waals surface area contributed by atoms with Gasteiger partial charge in [0.15, 0.2) is 0 Å². The Hall–Kier alpha value is -2.14. The Morgan fingerprint density at radius 2 is 2.08 bits per heavy atom. The van der Waals surface area contributed by atoms with Gasteiger partial charge in [-0.3, -0.25) is 4.79 Å². The number of carbonyl (C=O) groups is 1. The molecule has 24 heavy (non-hydrogen) atoms. The van der Waals surface area contributed by atoms with E-state index in [0.717, 1.165) is 52.0 Å². The molecule has 0 saturated heterocycles. The van der Waals surface area contributed by atoms with Crippen LogP contribution in [-0.4, -0.2) is 10.9 Å². The fourth-order valence-electron chi connectivity index (χ4n) is 3.00. The van der Waals surface area contributed by atoms with Crippen LogP contribution in [0.4, 0.5) is 5.69 Å². The zero-order chi connectivity index (χ0) is 17.4. The average Bonchev–Trinajstić information content (AvgIpc) is 3.15. The van der Waals surface area contributed by atoms with Crippen molar-refractivity contribution in [2.45, 2.75) is 47.0 Å². The van der Waals surface area contributed by atoms with Crippen LogP contribution in [0.1, 0.15) is 55.0 Å². The second kappa shape index (κ2) is 6.40. The fourth-order valence-corrected chi connectivity index (χ4v) is 3.99. The van der Waals surface area contributed by atoms with E-state index in [9.17, 15) is 4.79 Å². The van der Waals surface area contributed by atoms with Crippen LogP contribution < -0.4 is 11.1 Å². The number of amides is 1. The molecule has 3 N–H and O–H groups in total. The number of pyridine rings is 1. The zero-order valence-electron chi connectivity index (χ0n) is 14.6. The van der Waals surface area contributed by atoms with Gasteiger partial charge in [-0.25, -0.2) is 4.98 Å². The van der Waals surface area contributed by atoms with Crippen molar-refractivity contribution in [2.24, 2.45) is 0 Å². The summed E-state index contributed by atoms with van der Waals surface area (Å²) in [4.78, 5) is 18.8. The van der Waals surface area contributed by atoms with Crippen LogP contribution in [0.2, 0.25) is 0 Å². The predicted molar refractivity (Wildman–Crippen MR) is 101 cm³/mol. The number of aryl methyl sites for hydroxylation is 2. The molecule has 0 atom stereocenters. The molecule has 2 heterocycles. The van der Waals surface area contributed by atoms with E-state index >= 15 is 0 Å². The quantitative estimate of drug-likeness (QED) is 0.815. The summed E-state index contributed by atoms with van der Waals surface area (Å²) < 4.78 is 0. The lowest BCUT2D eigenvalue weighted by Crippen LogP contribution is -2.22. The van der Waals surface area contributed by atoms with Crippen molar-refractivity contribution in [1.82, 2.24) is 10.3 Å².